The van der Waals surface area contributed by atoms with Crippen molar-refractivity contribution < 1.29 is 13.2 Å². The third-order valence-electron chi connectivity index (χ3n) is 6.76. The number of amidine groups is 1. The molecule has 3 heterocycles. The van der Waals surface area contributed by atoms with Gasteiger partial charge in [0.2, 0.25) is 5.91 Å². The number of benzene rings is 2. The van der Waals surface area contributed by atoms with E-state index in [-0.39, 0.29) is 28.5 Å². The predicted molar refractivity (Wildman–Crippen MR) is 135 cm³/mol. The molecule has 2 aromatic carbocycles. The molecule has 2 aliphatic rings. The second-order valence-corrected chi connectivity index (χ2v) is 11.8. The number of sulfonamides is 1. The fourth-order valence-corrected chi connectivity index (χ4v) is 6.98. The maximum absolute atomic E-state index is 13.7. The fourth-order valence-electron chi connectivity index (χ4n) is 4.65. The topological polar surface area (TPSA) is 91.7 Å². The highest BCUT2D eigenvalue weighted by Gasteiger charge is 2.36. The summed E-state index contributed by atoms with van der Waals surface area (Å²) in [7, 11) is -3.65. The van der Waals surface area contributed by atoms with E-state index in [4.69, 9.17) is 9.98 Å². The van der Waals surface area contributed by atoms with Crippen molar-refractivity contribution in [2.45, 2.75) is 50.0 Å². The smallest absolute Gasteiger partial charge is 0.263 e. The number of carbonyl (C=O) groups excluding carboxylic acids is 1. The van der Waals surface area contributed by atoms with Crippen molar-refractivity contribution in [3.8, 4) is 0 Å². The van der Waals surface area contributed by atoms with E-state index in [2.05, 4.69) is 10.8 Å². The second kappa shape index (κ2) is 9.11. The summed E-state index contributed by atoms with van der Waals surface area (Å²) in [6.07, 6.45) is 2.67. The second-order valence-electron chi connectivity index (χ2n) is 9.05. The summed E-state index contributed by atoms with van der Waals surface area (Å²) in [6.45, 7) is 5.31. The molecule has 1 aromatic heterocycles. The number of amides is 1. The lowest BCUT2D eigenvalue weighted by Gasteiger charge is -2.34. The standard InChI is InChI=1S/C25H28N4O3S2/c1-3-16(2)22(27-23-18-10-4-7-13-21(18)34(31,32)28-23)25(30)29-14-8-9-17(15-29)24-26-19-11-5-6-12-20(19)33-24/h4-7,10-13,16-17,22H,3,8-9,14-15H2,1-2H3,(H,27,28)/t16-,17-,22-/m0/s1. The molecule has 0 unspecified atom stereocenters. The van der Waals surface area contributed by atoms with E-state index < -0.39 is 16.1 Å². The molecule has 3 atom stereocenters. The van der Waals surface area contributed by atoms with Gasteiger partial charge in [-0.1, -0.05) is 44.5 Å². The van der Waals surface area contributed by atoms with Gasteiger partial charge in [-0.05, 0) is 43.0 Å². The largest absolute Gasteiger partial charge is 0.340 e. The normalized spacial score (nSPS) is 22.4. The van der Waals surface area contributed by atoms with Crippen molar-refractivity contribution >= 4 is 43.3 Å². The maximum atomic E-state index is 13.7. The number of likely N-dealkylation sites (tertiary alicyclic amines) is 1. The average molecular weight is 497 g/mol. The summed E-state index contributed by atoms with van der Waals surface area (Å²) >= 11 is 1.70. The molecule has 0 aliphatic carbocycles. The molecule has 1 fully saturated rings. The Morgan fingerprint density at radius 2 is 2.00 bits per heavy atom. The van der Waals surface area contributed by atoms with E-state index >= 15 is 0 Å². The molecule has 9 heteroatoms. The minimum atomic E-state index is -3.65. The van der Waals surface area contributed by atoms with Gasteiger partial charge in [0.25, 0.3) is 10.0 Å². The summed E-state index contributed by atoms with van der Waals surface area (Å²) in [5, 5.41) is 1.07. The molecule has 3 aromatic rings. The van der Waals surface area contributed by atoms with E-state index in [1.54, 1.807) is 35.6 Å². The van der Waals surface area contributed by atoms with Crippen LogP contribution in [0.1, 0.15) is 49.6 Å². The number of para-hydroxylation sites is 1. The molecule has 1 saturated heterocycles. The number of fused-ring (bicyclic) bond motifs is 2. The Balaban J connectivity index is 1.42. The number of aliphatic imine (C=N–C) groups is 1. The van der Waals surface area contributed by atoms with Crippen LogP contribution in [0.5, 0.6) is 0 Å². The molecule has 7 nitrogen and oxygen atoms in total. The van der Waals surface area contributed by atoms with Gasteiger partial charge >= 0.3 is 0 Å². The molecule has 2 aliphatic heterocycles. The van der Waals surface area contributed by atoms with Gasteiger partial charge in [-0.25, -0.2) is 13.4 Å². The van der Waals surface area contributed by atoms with Crippen LogP contribution in [0.15, 0.2) is 58.4 Å². The molecular weight excluding hydrogens is 468 g/mol. The minimum absolute atomic E-state index is 0.0277. The summed E-state index contributed by atoms with van der Waals surface area (Å²) < 4.78 is 28.8. The number of carbonyl (C=O) groups is 1. The van der Waals surface area contributed by atoms with Crippen molar-refractivity contribution in [1.29, 1.82) is 0 Å². The van der Waals surface area contributed by atoms with Crippen molar-refractivity contribution in [2.24, 2.45) is 10.9 Å². The first-order chi connectivity index (χ1) is 16.4. The van der Waals surface area contributed by atoms with Crippen LogP contribution in [0.2, 0.25) is 0 Å². The Morgan fingerprint density at radius 1 is 1.24 bits per heavy atom. The Hall–Kier alpha value is -2.78. The highest BCUT2D eigenvalue weighted by atomic mass is 32.2. The SMILES string of the molecule is CC[C@H](C)[C@H](N=C1NS(=O)(=O)c2ccccc21)C(=O)N1CCC[C@H](c2nc3ccccc3s2)C1. The molecule has 0 bridgehead atoms. The zero-order valence-electron chi connectivity index (χ0n) is 19.3. The number of aromatic nitrogens is 1. The Kier molecular flexibility index (Phi) is 6.16. The molecule has 0 saturated carbocycles. The van der Waals surface area contributed by atoms with Crippen LogP contribution in [0.3, 0.4) is 0 Å². The number of thiazole rings is 1. The first-order valence-electron chi connectivity index (χ1n) is 11.7. The van der Waals surface area contributed by atoms with Crippen LogP contribution in [-0.2, 0) is 14.8 Å². The van der Waals surface area contributed by atoms with Crippen LogP contribution in [0, 0.1) is 5.92 Å². The van der Waals surface area contributed by atoms with E-state index in [0.29, 0.717) is 18.7 Å². The van der Waals surface area contributed by atoms with Gasteiger partial charge in [-0.2, -0.15) is 0 Å². The van der Waals surface area contributed by atoms with Crippen LogP contribution in [-0.4, -0.2) is 49.2 Å². The van der Waals surface area contributed by atoms with Gasteiger partial charge in [0, 0.05) is 24.6 Å². The first kappa shape index (κ1) is 23.0. The maximum Gasteiger partial charge on any atom is 0.263 e. The van der Waals surface area contributed by atoms with Crippen LogP contribution in [0.4, 0.5) is 0 Å². The Morgan fingerprint density at radius 3 is 2.79 bits per heavy atom. The molecule has 1 N–H and O–H groups in total. The van der Waals surface area contributed by atoms with Crippen LogP contribution >= 0.6 is 11.3 Å². The van der Waals surface area contributed by atoms with Gasteiger partial charge in [0.05, 0.1) is 20.1 Å². The van der Waals surface area contributed by atoms with Crippen molar-refractivity contribution in [3.05, 3.63) is 59.1 Å². The third-order valence-corrected chi connectivity index (χ3v) is 9.36. The number of rotatable bonds is 5. The van der Waals surface area contributed by atoms with Gasteiger partial charge in [0.1, 0.15) is 11.9 Å². The average Bonchev–Trinajstić information content (AvgIpc) is 3.40. The lowest BCUT2D eigenvalue weighted by atomic mass is 9.94. The van der Waals surface area contributed by atoms with Gasteiger partial charge in [0.15, 0.2) is 0 Å². The van der Waals surface area contributed by atoms with Crippen molar-refractivity contribution in [3.63, 3.8) is 0 Å². The molecule has 34 heavy (non-hydrogen) atoms. The van der Waals surface area contributed by atoms with Gasteiger partial charge in [-0.3, -0.25) is 14.5 Å². The van der Waals surface area contributed by atoms with Crippen LogP contribution in [0.25, 0.3) is 10.2 Å². The van der Waals surface area contributed by atoms with Gasteiger partial charge < -0.3 is 4.90 Å². The Labute approximate surface area is 204 Å². The number of hydrogen-bond acceptors (Lipinski definition) is 6. The van der Waals surface area contributed by atoms with E-state index in [1.807, 2.05) is 36.9 Å². The lowest BCUT2D eigenvalue weighted by molar-refractivity contribution is -0.134. The molecule has 0 spiro atoms. The summed E-state index contributed by atoms with van der Waals surface area (Å²) in [6, 6.07) is 14.2. The quantitative estimate of drug-likeness (QED) is 0.574. The molecular formula is C25H28N4O3S2. The monoisotopic (exact) mass is 496 g/mol. The van der Waals surface area contributed by atoms with E-state index in [1.165, 1.54) is 0 Å². The third kappa shape index (κ3) is 4.22. The van der Waals surface area contributed by atoms with Crippen molar-refractivity contribution in [2.75, 3.05) is 13.1 Å². The van der Waals surface area contributed by atoms with Gasteiger partial charge in [-0.15, -0.1) is 11.3 Å². The summed E-state index contributed by atoms with van der Waals surface area (Å²) in [5.41, 5.74) is 1.52. The summed E-state index contributed by atoms with van der Waals surface area (Å²) in [5.74, 6) is 0.386. The zero-order chi connectivity index (χ0) is 23.9. The fraction of sp³-hybridized carbons (Fsp3) is 0.400. The molecule has 5 rings (SSSR count). The number of nitrogens with one attached hydrogen (secondary N) is 1. The zero-order valence-corrected chi connectivity index (χ0v) is 20.9. The van der Waals surface area contributed by atoms with Crippen LogP contribution < -0.4 is 4.72 Å². The summed E-state index contributed by atoms with van der Waals surface area (Å²) in [4.78, 5) is 25.4. The first-order valence-corrected chi connectivity index (χ1v) is 14.0. The van der Waals surface area contributed by atoms with Crippen molar-refractivity contribution in [1.82, 2.24) is 14.6 Å². The van der Waals surface area contributed by atoms with E-state index in [9.17, 15) is 13.2 Å². The minimum Gasteiger partial charge on any atom is -0.340 e. The number of piperidine rings is 1. The van der Waals surface area contributed by atoms with E-state index in [0.717, 1.165) is 34.5 Å². The molecule has 0 radical (unpaired) electrons. The Bertz CT molecular complexity index is 1330. The lowest BCUT2D eigenvalue weighted by Crippen LogP contribution is -2.46. The number of nitrogens with zero attached hydrogens (tertiary/aromatic N) is 3. The number of hydrogen-bond donors (Lipinski definition) is 1. The predicted octanol–water partition coefficient (Wildman–Crippen LogP) is 4.16. The highest BCUT2D eigenvalue weighted by Crippen LogP contribution is 2.34. The molecule has 178 valence electrons. The molecule has 1 amide bonds. The highest BCUT2D eigenvalue weighted by molar-refractivity contribution is 7.90.